The SMILES string of the molecule is C[Si](C)(C)/C=C(/Br)c1ccccc1. The lowest BCUT2D eigenvalue weighted by Gasteiger charge is -2.10. The fourth-order valence-corrected chi connectivity index (χ4v) is 4.31. The van der Waals surface area contributed by atoms with E-state index in [4.69, 9.17) is 0 Å². The molecule has 0 unspecified atom stereocenters. The van der Waals surface area contributed by atoms with Crippen LogP contribution in [0, 0.1) is 0 Å². The Hall–Kier alpha value is -0.343. The Morgan fingerprint density at radius 2 is 1.69 bits per heavy atom. The van der Waals surface area contributed by atoms with Gasteiger partial charge in [-0.1, -0.05) is 71.6 Å². The standard InChI is InChI=1S/C11H15BrSi/c1-13(2,3)9-11(12)10-7-5-4-6-8-10/h4-9H,1-3H3/b11-9+. The zero-order valence-electron chi connectivity index (χ0n) is 8.34. The van der Waals surface area contributed by atoms with Crippen LogP contribution in [0.3, 0.4) is 0 Å². The van der Waals surface area contributed by atoms with Crippen LogP contribution in [-0.4, -0.2) is 8.07 Å². The third-order valence-corrected chi connectivity index (χ3v) is 3.87. The number of rotatable bonds is 2. The Morgan fingerprint density at radius 3 is 2.15 bits per heavy atom. The van der Waals surface area contributed by atoms with Crippen LogP contribution in [0.25, 0.3) is 4.48 Å². The quantitative estimate of drug-likeness (QED) is 0.691. The molecule has 0 nitrogen and oxygen atoms in total. The topological polar surface area (TPSA) is 0 Å². The van der Waals surface area contributed by atoms with E-state index in [0.29, 0.717) is 0 Å². The van der Waals surface area contributed by atoms with Crippen molar-refractivity contribution in [3.05, 3.63) is 41.6 Å². The second-order valence-corrected chi connectivity index (χ2v) is 10.1. The summed E-state index contributed by atoms with van der Waals surface area (Å²) in [7, 11) is -1.11. The largest absolute Gasteiger partial charge is 0.0805 e. The maximum atomic E-state index is 3.62. The van der Waals surface area contributed by atoms with Gasteiger partial charge >= 0.3 is 0 Å². The van der Waals surface area contributed by atoms with Crippen molar-refractivity contribution in [1.29, 1.82) is 0 Å². The summed E-state index contributed by atoms with van der Waals surface area (Å²) in [6.45, 7) is 6.99. The van der Waals surface area contributed by atoms with Gasteiger partial charge in [-0.05, 0) is 5.56 Å². The summed E-state index contributed by atoms with van der Waals surface area (Å²) >= 11 is 3.62. The van der Waals surface area contributed by atoms with E-state index < -0.39 is 8.07 Å². The van der Waals surface area contributed by atoms with Crippen molar-refractivity contribution in [2.45, 2.75) is 19.6 Å². The molecule has 0 radical (unpaired) electrons. The first-order valence-electron chi connectivity index (χ1n) is 4.43. The Morgan fingerprint density at radius 1 is 1.15 bits per heavy atom. The van der Waals surface area contributed by atoms with Crippen molar-refractivity contribution in [2.24, 2.45) is 0 Å². The second-order valence-electron chi connectivity index (χ2n) is 4.22. The van der Waals surface area contributed by atoms with E-state index in [1.807, 2.05) is 6.07 Å². The molecule has 0 aliphatic carbocycles. The molecule has 0 aromatic heterocycles. The number of hydrogen-bond acceptors (Lipinski definition) is 0. The van der Waals surface area contributed by atoms with Gasteiger partial charge < -0.3 is 0 Å². The van der Waals surface area contributed by atoms with Crippen LogP contribution in [0.4, 0.5) is 0 Å². The van der Waals surface area contributed by atoms with Crippen molar-refractivity contribution in [2.75, 3.05) is 0 Å². The molecule has 0 heterocycles. The van der Waals surface area contributed by atoms with E-state index in [1.165, 1.54) is 10.0 Å². The molecular formula is C11H15BrSi. The molecule has 0 fully saturated rings. The van der Waals surface area contributed by atoms with Gasteiger partial charge in [-0.25, -0.2) is 0 Å². The highest BCUT2D eigenvalue weighted by molar-refractivity contribution is 9.15. The molecule has 0 aliphatic rings. The molecule has 0 saturated heterocycles. The summed E-state index contributed by atoms with van der Waals surface area (Å²) < 4.78 is 1.23. The minimum Gasteiger partial charge on any atom is -0.0805 e. The Balaban J connectivity index is 2.92. The van der Waals surface area contributed by atoms with E-state index >= 15 is 0 Å². The maximum absolute atomic E-state index is 3.62. The molecule has 0 saturated carbocycles. The summed E-state index contributed by atoms with van der Waals surface area (Å²) in [5.41, 5.74) is 3.63. The van der Waals surface area contributed by atoms with E-state index in [1.54, 1.807) is 0 Å². The van der Waals surface area contributed by atoms with Gasteiger partial charge in [-0.2, -0.15) is 0 Å². The molecule has 1 rings (SSSR count). The molecule has 1 aromatic carbocycles. The van der Waals surface area contributed by atoms with Crippen molar-refractivity contribution in [1.82, 2.24) is 0 Å². The first-order chi connectivity index (χ1) is 5.99. The average molecular weight is 255 g/mol. The van der Waals surface area contributed by atoms with Crippen molar-refractivity contribution >= 4 is 28.5 Å². The summed E-state index contributed by atoms with van der Waals surface area (Å²) in [4.78, 5) is 0. The van der Waals surface area contributed by atoms with E-state index in [-0.39, 0.29) is 0 Å². The molecule has 0 N–H and O–H groups in total. The lowest BCUT2D eigenvalue weighted by molar-refractivity contribution is 1.65. The molecule has 0 atom stereocenters. The van der Waals surface area contributed by atoms with Gasteiger partial charge in [0.05, 0.1) is 8.07 Å². The van der Waals surface area contributed by atoms with Crippen LogP contribution >= 0.6 is 15.9 Å². The number of halogens is 1. The van der Waals surface area contributed by atoms with Crippen molar-refractivity contribution in [3.8, 4) is 0 Å². The van der Waals surface area contributed by atoms with Crippen molar-refractivity contribution in [3.63, 3.8) is 0 Å². The van der Waals surface area contributed by atoms with Crippen LogP contribution in [0.1, 0.15) is 5.56 Å². The van der Waals surface area contributed by atoms with Gasteiger partial charge in [0.15, 0.2) is 0 Å². The van der Waals surface area contributed by atoms with E-state index in [2.05, 4.69) is 65.5 Å². The summed E-state index contributed by atoms with van der Waals surface area (Å²) in [6, 6.07) is 10.4. The Bertz CT molecular complexity index is 296. The maximum Gasteiger partial charge on any atom is 0.0701 e. The van der Waals surface area contributed by atoms with Crippen LogP contribution in [0.5, 0.6) is 0 Å². The lowest BCUT2D eigenvalue weighted by Crippen LogP contribution is -2.15. The third-order valence-electron chi connectivity index (χ3n) is 1.61. The Kier molecular flexibility index (Phi) is 3.51. The van der Waals surface area contributed by atoms with E-state index in [0.717, 1.165) is 0 Å². The predicted octanol–water partition coefficient (Wildman–Crippen LogP) is 4.30. The molecular weight excluding hydrogens is 240 g/mol. The highest BCUT2D eigenvalue weighted by Gasteiger charge is 2.10. The van der Waals surface area contributed by atoms with Gasteiger partial charge in [0, 0.05) is 4.48 Å². The minimum absolute atomic E-state index is 1.11. The monoisotopic (exact) mass is 254 g/mol. The van der Waals surface area contributed by atoms with Crippen molar-refractivity contribution < 1.29 is 0 Å². The highest BCUT2D eigenvalue weighted by atomic mass is 79.9. The molecule has 13 heavy (non-hydrogen) atoms. The predicted molar refractivity (Wildman–Crippen MR) is 66.7 cm³/mol. The van der Waals surface area contributed by atoms with Crippen LogP contribution in [0.15, 0.2) is 36.0 Å². The van der Waals surface area contributed by atoms with Gasteiger partial charge in [-0.15, -0.1) is 0 Å². The van der Waals surface area contributed by atoms with Gasteiger partial charge in [-0.3, -0.25) is 0 Å². The lowest BCUT2D eigenvalue weighted by atomic mass is 10.2. The molecule has 70 valence electrons. The second kappa shape index (κ2) is 4.25. The number of hydrogen-bond donors (Lipinski definition) is 0. The molecule has 0 bridgehead atoms. The zero-order valence-corrected chi connectivity index (χ0v) is 10.9. The fraction of sp³-hybridized carbons (Fsp3) is 0.273. The molecule has 2 heteroatoms. The molecule has 0 amide bonds. The summed E-state index contributed by atoms with van der Waals surface area (Å²) in [6.07, 6.45) is 0. The highest BCUT2D eigenvalue weighted by Crippen LogP contribution is 2.23. The Labute approximate surface area is 89.8 Å². The molecule has 1 aromatic rings. The first-order valence-corrected chi connectivity index (χ1v) is 8.80. The van der Waals surface area contributed by atoms with Crippen LogP contribution in [0.2, 0.25) is 19.6 Å². The van der Waals surface area contributed by atoms with E-state index in [9.17, 15) is 0 Å². The third kappa shape index (κ3) is 3.92. The summed E-state index contributed by atoms with van der Waals surface area (Å²) in [5, 5.41) is 0. The minimum atomic E-state index is -1.11. The van der Waals surface area contributed by atoms with Gasteiger partial charge in [0.1, 0.15) is 0 Å². The van der Waals surface area contributed by atoms with Crippen LogP contribution < -0.4 is 0 Å². The molecule has 0 aliphatic heterocycles. The van der Waals surface area contributed by atoms with Gasteiger partial charge in [0.2, 0.25) is 0 Å². The van der Waals surface area contributed by atoms with Crippen LogP contribution in [-0.2, 0) is 0 Å². The number of benzene rings is 1. The average Bonchev–Trinajstić information content (AvgIpc) is 2.03. The summed E-state index contributed by atoms with van der Waals surface area (Å²) in [5.74, 6) is 0. The zero-order chi connectivity index (χ0) is 9.90. The van der Waals surface area contributed by atoms with Gasteiger partial charge in [0.25, 0.3) is 0 Å². The normalized spacial score (nSPS) is 13.1. The molecule has 0 spiro atoms. The smallest absolute Gasteiger partial charge is 0.0701 e. The first kappa shape index (κ1) is 10.7. The fourth-order valence-electron chi connectivity index (χ4n) is 1.06.